The highest BCUT2D eigenvalue weighted by Crippen LogP contribution is 2.51. The molecule has 0 aromatic heterocycles. The molecule has 5 unspecified atom stereocenters. The first kappa shape index (κ1) is 14.9. The molecule has 0 saturated heterocycles. The Bertz CT molecular complexity index is 299. The fraction of sp³-hybridized carbons (Fsp3) is 1.00. The summed E-state index contributed by atoms with van der Waals surface area (Å²) in [5.74, 6) is 7.42. The van der Waals surface area contributed by atoms with Gasteiger partial charge in [0.15, 0.2) is 0 Å². The van der Waals surface area contributed by atoms with Gasteiger partial charge in [-0.25, -0.2) is 0 Å². The standard InChI is InChI=1S/C20H36/c1-14-7-10-17(11-8-14)20(18-12-9-15(2)13-18)19-6-4-5-16(19)3/h14-20H,4-13H2,1-3H3. The van der Waals surface area contributed by atoms with E-state index in [-0.39, 0.29) is 0 Å². The molecule has 3 fully saturated rings. The van der Waals surface area contributed by atoms with Crippen LogP contribution in [0.5, 0.6) is 0 Å². The van der Waals surface area contributed by atoms with E-state index in [0.717, 1.165) is 41.4 Å². The maximum absolute atomic E-state index is 2.56. The van der Waals surface area contributed by atoms with Crippen LogP contribution in [0.2, 0.25) is 0 Å². The Labute approximate surface area is 127 Å². The SMILES string of the molecule is CC1CCC(C(C2CCC(C)C2)C2CCCC2C)CC1. The largest absolute Gasteiger partial charge is 0.0625 e. The van der Waals surface area contributed by atoms with Crippen LogP contribution in [0.25, 0.3) is 0 Å². The quantitative estimate of drug-likeness (QED) is 0.567. The second-order valence-corrected chi connectivity index (χ2v) is 8.85. The molecule has 0 aromatic carbocycles. The first-order chi connectivity index (χ1) is 9.65. The molecular formula is C20H36. The molecule has 0 heteroatoms. The van der Waals surface area contributed by atoms with Gasteiger partial charge in [-0.2, -0.15) is 0 Å². The van der Waals surface area contributed by atoms with Crippen LogP contribution in [-0.4, -0.2) is 0 Å². The van der Waals surface area contributed by atoms with Crippen molar-refractivity contribution in [2.45, 2.75) is 85.0 Å². The smallest absolute Gasteiger partial charge is 0.0326 e. The lowest BCUT2D eigenvalue weighted by Gasteiger charge is -2.41. The maximum Gasteiger partial charge on any atom is -0.0326 e. The lowest BCUT2D eigenvalue weighted by Crippen LogP contribution is -2.33. The Hall–Kier alpha value is 0. The van der Waals surface area contributed by atoms with Crippen LogP contribution >= 0.6 is 0 Å². The molecule has 0 radical (unpaired) electrons. The van der Waals surface area contributed by atoms with Gasteiger partial charge in [-0.05, 0) is 73.5 Å². The van der Waals surface area contributed by atoms with Crippen LogP contribution in [0.3, 0.4) is 0 Å². The molecule has 0 heterocycles. The average Bonchev–Trinajstić information content (AvgIpc) is 3.03. The van der Waals surface area contributed by atoms with Crippen molar-refractivity contribution in [2.24, 2.45) is 41.4 Å². The summed E-state index contributed by atoms with van der Waals surface area (Å²) in [5.41, 5.74) is 0. The summed E-state index contributed by atoms with van der Waals surface area (Å²) in [5, 5.41) is 0. The van der Waals surface area contributed by atoms with Crippen LogP contribution in [0.1, 0.15) is 85.0 Å². The van der Waals surface area contributed by atoms with Crippen molar-refractivity contribution >= 4 is 0 Å². The molecule has 20 heavy (non-hydrogen) atoms. The van der Waals surface area contributed by atoms with E-state index in [2.05, 4.69) is 20.8 Å². The molecule has 0 bridgehead atoms. The molecule has 3 aliphatic carbocycles. The summed E-state index contributed by atoms with van der Waals surface area (Å²) in [4.78, 5) is 0. The Balaban J connectivity index is 1.72. The van der Waals surface area contributed by atoms with Gasteiger partial charge < -0.3 is 0 Å². The Kier molecular flexibility index (Phi) is 4.78. The van der Waals surface area contributed by atoms with Crippen molar-refractivity contribution in [3.63, 3.8) is 0 Å². The summed E-state index contributed by atoms with van der Waals surface area (Å²) in [6, 6.07) is 0. The fourth-order valence-corrected chi connectivity index (χ4v) is 6.10. The van der Waals surface area contributed by atoms with Crippen LogP contribution in [0.4, 0.5) is 0 Å². The lowest BCUT2D eigenvalue weighted by molar-refractivity contribution is 0.0826. The zero-order chi connectivity index (χ0) is 14.1. The van der Waals surface area contributed by atoms with Gasteiger partial charge in [-0.3, -0.25) is 0 Å². The van der Waals surface area contributed by atoms with E-state index in [9.17, 15) is 0 Å². The van der Waals surface area contributed by atoms with Gasteiger partial charge >= 0.3 is 0 Å². The minimum absolute atomic E-state index is 1.01. The second kappa shape index (κ2) is 6.41. The van der Waals surface area contributed by atoms with Crippen molar-refractivity contribution < 1.29 is 0 Å². The molecule has 0 amide bonds. The summed E-state index contributed by atoms with van der Waals surface area (Å²) in [7, 11) is 0. The molecule has 0 N–H and O–H groups in total. The fourth-order valence-electron chi connectivity index (χ4n) is 6.10. The summed E-state index contributed by atoms with van der Waals surface area (Å²) >= 11 is 0. The topological polar surface area (TPSA) is 0 Å². The Morgan fingerprint density at radius 3 is 1.85 bits per heavy atom. The molecule has 3 aliphatic rings. The van der Waals surface area contributed by atoms with Crippen molar-refractivity contribution in [1.82, 2.24) is 0 Å². The van der Waals surface area contributed by atoms with Crippen LogP contribution in [0.15, 0.2) is 0 Å². The van der Waals surface area contributed by atoms with Crippen LogP contribution in [-0.2, 0) is 0 Å². The monoisotopic (exact) mass is 276 g/mol. The van der Waals surface area contributed by atoms with E-state index in [4.69, 9.17) is 0 Å². The second-order valence-electron chi connectivity index (χ2n) is 8.85. The predicted octanol–water partition coefficient (Wildman–Crippen LogP) is 6.30. The van der Waals surface area contributed by atoms with Gasteiger partial charge in [0, 0.05) is 0 Å². The molecule has 0 nitrogen and oxygen atoms in total. The van der Waals surface area contributed by atoms with Gasteiger partial charge in [-0.15, -0.1) is 0 Å². The Morgan fingerprint density at radius 2 is 1.30 bits per heavy atom. The molecule has 5 atom stereocenters. The third-order valence-corrected chi connectivity index (χ3v) is 7.31. The van der Waals surface area contributed by atoms with E-state index in [0.29, 0.717) is 0 Å². The van der Waals surface area contributed by atoms with E-state index >= 15 is 0 Å². The highest BCUT2D eigenvalue weighted by molar-refractivity contribution is 4.92. The highest BCUT2D eigenvalue weighted by Gasteiger charge is 2.42. The normalized spacial score (nSPS) is 47.5. The van der Waals surface area contributed by atoms with Gasteiger partial charge in [0.25, 0.3) is 0 Å². The van der Waals surface area contributed by atoms with Crippen molar-refractivity contribution in [1.29, 1.82) is 0 Å². The van der Waals surface area contributed by atoms with Gasteiger partial charge in [0.1, 0.15) is 0 Å². The highest BCUT2D eigenvalue weighted by atomic mass is 14.5. The third kappa shape index (κ3) is 3.09. The van der Waals surface area contributed by atoms with E-state index in [1.165, 1.54) is 32.1 Å². The van der Waals surface area contributed by atoms with E-state index in [1.807, 2.05) is 0 Å². The first-order valence-corrected chi connectivity index (χ1v) is 9.65. The first-order valence-electron chi connectivity index (χ1n) is 9.65. The summed E-state index contributed by atoms with van der Waals surface area (Å²) < 4.78 is 0. The maximum atomic E-state index is 2.56. The predicted molar refractivity (Wildman–Crippen MR) is 87.6 cm³/mol. The van der Waals surface area contributed by atoms with Gasteiger partial charge in [-0.1, -0.05) is 52.9 Å². The lowest BCUT2D eigenvalue weighted by atomic mass is 9.64. The van der Waals surface area contributed by atoms with Crippen molar-refractivity contribution in [2.75, 3.05) is 0 Å². The summed E-state index contributed by atoms with van der Waals surface area (Å²) in [6.07, 6.45) is 15.4. The minimum atomic E-state index is 1.01. The van der Waals surface area contributed by atoms with Crippen LogP contribution in [0, 0.1) is 41.4 Å². The van der Waals surface area contributed by atoms with Crippen LogP contribution < -0.4 is 0 Å². The van der Waals surface area contributed by atoms with E-state index in [1.54, 1.807) is 32.1 Å². The van der Waals surface area contributed by atoms with E-state index < -0.39 is 0 Å². The molecule has 3 rings (SSSR count). The van der Waals surface area contributed by atoms with Crippen molar-refractivity contribution in [3.8, 4) is 0 Å². The number of rotatable bonds is 3. The number of hydrogen-bond acceptors (Lipinski definition) is 0. The van der Waals surface area contributed by atoms with Gasteiger partial charge in [0.05, 0.1) is 0 Å². The molecule has 0 spiro atoms. The third-order valence-electron chi connectivity index (χ3n) is 7.31. The zero-order valence-corrected chi connectivity index (χ0v) is 14.1. The molecule has 116 valence electrons. The zero-order valence-electron chi connectivity index (χ0n) is 14.1. The summed E-state index contributed by atoms with van der Waals surface area (Å²) in [6.45, 7) is 7.54. The molecule has 0 aromatic rings. The minimum Gasteiger partial charge on any atom is -0.0625 e. The average molecular weight is 277 g/mol. The Morgan fingerprint density at radius 1 is 0.650 bits per heavy atom. The molecule has 0 aliphatic heterocycles. The van der Waals surface area contributed by atoms with Crippen molar-refractivity contribution in [3.05, 3.63) is 0 Å². The molecule has 3 saturated carbocycles. The number of hydrogen-bond donors (Lipinski definition) is 0. The van der Waals surface area contributed by atoms with Gasteiger partial charge in [0.2, 0.25) is 0 Å². The molecular weight excluding hydrogens is 240 g/mol.